The maximum absolute atomic E-state index is 6.02. The Labute approximate surface area is 88.5 Å². The molecule has 0 amide bonds. The van der Waals surface area contributed by atoms with E-state index < -0.39 is 0 Å². The molecule has 0 fully saturated rings. The standard InChI is InChI=1S/C10H13ClN2O/c1-7(3-5-12)9-8(11)4-6-13-10(9)14-2/h4,6H,1,3,5,12H2,2H3. The number of hydrogen-bond donors (Lipinski definition) is 1. The number of hydrogen-bond acceptors (Lipinski definition) is 3. The van der Waals surface area contributed by atoms with Crippen LogP contribution in [-0.4, -0.2) is 18.6 Å². The molecule has 76 valence electrons. The molecule has 1 heterocycles. The second kappa shape index (κ2) is 4.98. The van der Waals surface area contributed by atoms with Crippen LogP contribution in [0.2, 0.25) is 5.02 Å². The molecule has 0 unspecified atom stereocenters. The predicted octanol–water partition coefficient (Wildman–Crippen LogP) is 2.11. The summed E-state index contributed by atoms with van der Waals surface area (Å²) >= 11 is 6.02. The van der Waals surface area contributed by atoms with E-state index in [0.29, 0.717) is 23.9 Å². The van der Waals surface area contributed by atoms with Crippen LogP contribution in [0.3, 0.4) is 0 Å². The summed E-state index contributed by atoms with van der Waals surface area (Å²) in [4.78, 5) is 4.05. The lowest BCUT2D eigenvalue weighted by Gasteiger charge is -2.10. The molecule has 0 spiro atoms. The number of pyridine rings is 1. The summed E-state index contributed by atoms with van der Waals surface area (Å²) in [5.41, 5.74) is 7.04. The minimum absolute atomic E-state index is 0.496. The van der Waals surface area contributed by atoms with E-state index in [2.05, 4.69) is 11.6 Å². The minimum atomic E-state index is 0.496. The average Bonchev–Trinajstić information content (AvgIpc) is 2.17. The molecule has 0 radical (unpaired) electrons. The largest absolute Gasteiger partial charge is 0.481 e. The maximum Gasteiger partial charge on any atom is 0.222 e. The fraction of sp³-hybridized carbons (Fsp3) is 0.300. The van der Waals surface area contributed by atoms with E-state index in [1.54, 1.807) is 19.4 Å². The molecular formula is C10H13ClN2O. The first-order valence-corrected chi connectivity index (χ1v) is 4.65. The van der Waals surface area contributed by atoms with Gasteiger partial charge in [-0.2, -0.15) is 0 Å². The molecule has 0 aliphatic rings. The molecule has 0 aliphatic carbocycles. The zero-order chi connectivity index (χ0) is 10.6. The molecule has 1 rings (SSSR count). The molecule has 14 heavy (non-hydrogen) atoms. The summed E-state index contributed by atoms with van der Waals surface area (Å²) in [5, 5.41) is 0.593. The monoisotopic (exact) mass is 212 g/mol. The highest BCUT2D eigenvalue weighted by Gasteiger charge is 2.11. The van der Waals surface area contributed by atoms with Crippen molar-refractivity contribution in [1.82, 2.24) is 4.98 Å². The first kappa shape index (κ1) is 11.0. The van der Waals surface area contributed by atoms with Crippen molar-refractivity contribution in [1.29, 1.82) is 0 Å². The smallest absolute Gasteiger partial charge is 0.222 e. The third-order valence-electron chi connectivity index (χ3n) is 1.86. The second-order valence-electron chi connectivity index (χ2n) is 2.82. The van der Waals surface area contributed by atoms with Gasteiger partial charge in [-0.1, -0.05) is 18.2 Å². The van der Waals surface area contributed by atoms with Crippen molar-refractivity contribution in [2.24, 2.45) is 5.73 Å². The summed E-state index contributed by atoms with van der Waals surface area (Å²) < 4.78 is 5.10. The normalized spacial score (nSPS) is 9.93. The lowest BCUT2D eigenvalue weighted by atomic mass is 10.1. The molecular weight excluding hydrogens is 200 g/mol. The van der Waals surface area contributed by atoms with Crippen LogP contribution < -0.4 is 10.5 Å². The van der Waals surface area contributed by atoms with Crippen LogP contribution in [0.4, 0.5) is 0 Å². The van der Waals surface area contributed by atoms with Gasteiger partial charge in [0.15, 0.2) is 0 Å². The van der Waals surface area contributed by atoms with Crippen molar-refractivity contribution < 1.29 is 4.74 Å². The second-order valence-corrected chi connectivity index (χ2v) is 3.23. The molecule has 3 nitrogen and oxygen atoms in total. The molecule has 0 atom stereocenters. The van der Waals surface area contributed by atoms with Crippen LogP contribution in [0.5, 0.6) is 5.88 Å². The van der Waals surface area contributed by atoms with Gasteiger partial charge in [-0.15, -0.1) is 0 Å². The summed E-state index contributed by atoms with van der Waals surface area (Å²) in [5.74, 6) is 0.496. The number of ether oxygens (including phenoxy) is 1. The summed E-state index contributed by atoms with van der Waals surface area (Å²) in [6.07, 6.45) is 2.28. The van der Waals surface area contributed by atoms with Gasteiger partial charge in [-0.3, -0.25) is 0 Å². The van der Waals surface area contributed by atoms with E-state index in [4.69, 9.17) is 22.1 Å². The van der Waals surface area contributed by atoms with Crippen LogP contribution >= 0.6 is 11.6 Å². The number of nitrogens with two attached hydrogens (primary N) is 1. The Balaban J connectivity index is 3.10. The number of aromatic nitrogens is 1. The fourth-order valence-electron chi connectivity index (χ4n) is 1.19. The quantitative estimate of drug-likeness (QED) is 0.832. The third kappa shape index (κ3) is 2.25. The predicted molar refractivity (Wildman–Crippen MR) is 58.5 cm³/mol. The van der Waals surface area contributed by atoms with Crippen molar-refractivity contribution in [3.05, 3.63) is 29.4 Å². The molecule has 2 N–H and O–H groups in total. The topological polar surface area (TPSA) is 48.1 Å². The van der Waals surface area contributed by atoms with E-state index >= 15 is 0 Å². The molecule has 1 aromatic heterocycles. The third-order valence-corrected chi connectivity index (χ3v) is 2.17. The first-order valence-electron chi connectivity index (χ1n) is 4.27. The van der Waals surface area contributed by atoms with Crippen LogP contribution in [0, 0.1) is 0 Å². The van der Waals surface area contributed by atoms with Gasteiger partial charge in [-0.05, 0) is 24.6 Å². The average molecular weight is 213 g/mol. The van der Waals surface area contributed by atoms with Gasteiger partial charge >= 0.3 is 0 Å². The molecule has 0 saturated carbocycles. The Morgan fingerprint density at radius 1 is 1.71 bits per heavy atom. The lowest BCUT2D eigenvalue weighted by Crippen LogP contribution is -2.01. The van der Waals surface area contributed by atoms with E-state index in [1.165, 1.54) is 0 Å². The Morgan fingerprint density at radius 3 is 3.00 bits per heavy atom. The van der Waals surface area contributed by atoms with Gasteiger partial charge in [0.1, 0.15) is 0 Å². The van der Waals surface area contributed by atoms with Gasteiger partial charge in [0, 0.05) is 6.20 Å². The fourth-order valence-corrected chi connectivity index (χ4v) is 1.47. The summed E-state index contributed by atoms with van der Waals surface area (Å²) in [6.45, 7) is 4.43. The molecule has 0 saturated heterocycles. The highest BCUT2D eigenvalue weighted by molar-refractivity contribution is 6.32. The summed E-state index contributed by atoms with van der Waals surface area (Å²) in [6, 6.07) is 1.71. The zero-order valence-electron chi connectivity index (χ0n) is 8.09. The summed E-state index contributed by atoms with van der Waals surface area (Å²) in [7, 11) is 1.55. The van der Waals surface area contributed by atoms with Crippen LogP contribution in [-0.2, 0) is 0 Å². The number of rotatable bonds is 4. The van der Waals surface area contributed by atoms with Crippen molar-refractivity contribution in [3.63, 3.8) is 0 Å². The van der Waals surface area contributed by atoms with Crippen molar-refractivity contribution >= 4 is 17.2 Å². The van der Waals surface area contributed by atoms with E-state index in [9.17, 15) is 0 Å². The molecule has 0 aromatic carbocycles. The van der Waals surface area contributed by atoms with Crippen LogP contribution in [0.15, 0.2) is 18.8 Å². The van der Waals surface area contributed by atoms with Crippen molar-refractivity contribution in [2.45, 2.75) is 6.42 Å². The molecule has 4 heteroatoms. The van der Waals surface area contributed by atoms with Crippen LogP contribution in [0.25, 0.3) is 5.57 Å². The molecule has 1 aromatic rings. The highest BCUT2D eigenvalue weighted by atomic mass is 35.5. The lowest BCUT2D eigenvalue weighted by molar-refractivity contribution is 0.396. The Morgan fingerprint density at radius 2 is 2.43 bits per heavy atom. The maximum atomic E-state index is 6.02. The van der Waals surface area contributed by atoms with Gasteiger partial charge in [0.2, 0.25) is 5.88 Å². The van der Waals surface area contributed by atoms with Gasteiger partial charge < -0.3 is 10.5 Å². The SMILES string of the molecule is C=C(CCN)c1c(Cl)ccnc1OC. The van der Waals surface area contributed by atoms with E-state index in [1.807, 2.05) is 0 Å². The first-order chi connectivity index (χ1) is 6.70. The number of halogens is 1. The Bertz CT molecular complexity index is 339. The van der Waals surface area contributed by atoms with Crippen molar-refractivity contribution in [3.8, 4) is 5.88 Å². The number of nitrogens with zero attached hydrogens (tertiary/aromatic N) is 1. The minimum Gasteiger partial charge on any atom is -0.481 e. The molecule has 0 bridgehead atoms. The van der Waals surface area contributed by atoms with Crippen molar-refractivity contribution in [2.75, 3.05) is 13.7 Å². The molecule has 0 aliphatic heterocycles. The Hall–Kier alpha value is -1.06. The van der Waals surface area contributed by atoms with Gasteiger partial charge in [0.05, 0.1) is 17.7 Å². The number of methoxy groups -OCH3 is 1. The van der Waals surface area contributed by atoms with Crippen LogP contribution in [0.1, 0.15) is 12.0 Å². The zero-order valence-corrected chi connectivity index (χ0v) is 8.84. The van der Waals surface area contributed by atoms with E-state index in [-0.39, 0.29) is 0 Å². The van der Waals surface area contributed by atoms with Gasteiger partial charge in [-0.25, -0.2) is 4.98 Å². The highest BCUT2D eigenvalue weighted by Crippen LogP contribution is 2.31. The Kier molecular flexibility index (Phi) is 3.92. The van der Waals surface area contributed by atoms with Gasteiger partial charge in [0.25, 0.3) is 0 Å². The van der Waals surface area contributed by atoms with E-state index in [0.717, 1.165) is 11.1 Å².